The topological polar surface area (TPSA) is 83.9 Å². The highest BCUT2D eigenvalue weighted by atomic mass is 32.2. The van der Waals surface area contributed by atoms with Gasteiger partial charge in [0.25, 0.3) is 0 Å². The summed E-state index contributed by atoms with van der Waals surface area (Å²) in [6.45, 7) is 1.22. The average Bonchev–Trinajstić information content (AvgIpc) is 2.88. The van der Waals surface area contributed by atoms with Crippen molar-refractivity contribution in [1.82, 2.24) is 0 Å². The number of hydrogen-bond acceptors (Lipinski definition) is 4. The van der Waals surface area contributed by atoms with Gasteiger partial charge in [0.15, 0.2) is 0 Å². The Hall–Kier alpha value is -1.60. The number of fused-ring (bicyclic) bond motifs is 1. The summed E-state index contributed by atoms with van der Waals surface area (Å²) in [6.07, 6.45) is 4.14. The van der Waals surface area contributed by atoms with Gasteiger partial charge in [-0.15, -0.1) is 0 Å². The minimum atomic E-state index is -3.43. The maximum Gasteiger partial charge on any atom is 0.335 e. The van der Waals surface area contributed by atoms with Gasteiger partial charge in [-0.05, 0) is 48.9 Å². The largest absolute Gasteiger partial charge is 0.478 e. The smallest absolute Gasteiger partial charge is 0.335 e. The lowest BCUT2D eigenvalue weighted by Gasteiger charge is -2.25. The normalized spacial score (nSPS) is 17.8. The number of rotatable bonds is 7. The van der Waals surface area contributed by atoms with E-state index in [-0.39, 0.29) is 17.9 Å². The predicted octanol–water partition coefficient (Wildman–Crippen LogP) is 1.89. The zero-order chi connectivity index (χ0) is 16.4. The molecule has 1 aliphatic heterocycles. The Morgan fingerprint density at radius 3 is 2.78 bits per heavy atom. The van der Waals surface area contributed by atoms with Crippen LogP contribution in [0.2, 0.25) is 0 Å². The van der Waals surface area contributed by atoms with Crippen molar-refractivity contribution in [3.63, 3.8) is 0 Å². The highest BCUT2D eigenvalue weighted by Crippen LogP contribution is 2.31. The first-order valence-electron chi connectivity index (χ1n) is 7.92. The van der Waals surface area contributed by atoms with E-state index >= 15 is 0 Å². The third kappa shape index (κ3) is 3.50. The van der Waals surface area contributed by atoms with E-state index in [4.69, 9.17) is 9.84 Å². The van der Waals surface area contributed by atoms with Crippen LogP contribution in [0, 0.1) is 5.92 Å². The lowest BCUT2D eigenvalue weighted by molar-refractivity contribution is 0.0696. The second kappa shape index (κ2) is 6.49. The zero-order valence-corrected chi connectivity index (χ0v) is 13.7. The molecule has 1 N–H and O–H groups in total. The van der Waals surface area contributed by atoms with Gasteiger partial charge in [-0.2, -0.15) is 0 Å². The van der Waals surface area contributed by atoms with Gasteiger partial charge < -0.3 is 9.84 Å². The molecule has 23 heavy (non-hydrogen) atoms. The number of benzene rings is 1. The van der Waals surface area contributed by atoms with Crippen molar-refractivity contribution in [2.24, 2.45) is 5.92 Å². The number of carboxylic acids is 1. The number of hydrogen-bond donors (Lipinski definition) is 1. The molecule has 1 fully saturated rings. The molecule has 0 bridgehead atoms. The van der Waals surface area contributed by atoms with E-state index in [9.17, 15) is 13.2 Å². The molecule has 0 atom stereocenters. The number of carbonyl (C=O) groups is 1. The summed E-state index contributed by atoms with van der Waals surface area (Å²) in [7, 11) is -3.43. The predicted molar refractivity (Wildman–Crippen MR) is 86.4 cm³/mol. The third-order valence-electron chi connectivity index (χ3n) is 4.58. The van der Waals surface area contributed by atoms with Gasteiger partial charge in [-0.25, -0.2) is 13.2 Å². The molecule has 1 aliphatic carbocycles. The third-order valence-corrected chi connectivity index (χ3v) is 6.31. The molecular weight excluding hydrogens is 318 g/mol. The molecule has 1 aromatic rings. The summed E-state index contributed by atoms with van der Waals surface area (Å²) in [5.41, 5.74) is 1.55. The van der Waals surface area contributed by atoms with Crippen molar-refractivity contribution in [1.29, 1.82) is 0 Å². The molecule has 6 nitrogen and oxygen atoms in total. The second-order valence-corrected chi connectivity index (χ2v) is 8.17. The Morgan fingerprint density at radius 1 is 1.35 bits per heavy atom. The number of aromatic carboxylic acids is 1. The fourth-order valence-electron chi connectivity index (χ4n) is 2.98. The van der Waals surface area contributed by atoms with Crippen LogP contribution in [0.15, 0.2) is 18.2 Å². The van der Waals surface area contributed by atoms with E-state index < -0.39 is 16.0 Å². The standard InChI is InChI=1S/C16H21NO5S/c18-16(19)14-4-5-15-13(10-14)6-7-17(15)23(20,21)9-8-22-11-12-2-1-3-12/h4-5,10,12H,1-3,6-9,11H2,(H,18,19). The molecule has 126 valence electrons. The zero-order valence-electron chi connectivity index (χ0n) is 12.9. The van der Waals surface area contributed by atoms with Crippen LogP contribution in [0.3, 0.4) is 0 Å². The summed E-state index contributed by atoms with van der Waals surface area (Å²) >= 11 is 0. The molecule has 3 rings (SSSR count). The van der Waals surface area contributed by atoms with Gasteiger partial charge in [-0.1, -0.05) is 6.42 Å². The van der Waals surface area contributed by atoms with Crippen LogP contribution in [0.4, 0.5) is 5.69 Å². The Balaban J connectivity index is 1.62. The summed E-state index contributed by atoms with van der Waals surface area (Å²) in [5, 5.41) is 9.01. The monoisotopic (exact) mass is 339 g/mol. The molecule has 0 amide bonds. The van der Waals surface area contributed by atoms with Crippen molar-refractivity contribution in [3.8, 4) is 0 Å². The quantitative estimate of drug-likeness (QED) is 0.767. The number of anilines is 1. The highest BCUT2D eigenvalue weighted by molar-refractivity contribution is 7.92. The minimum absolute atomic E-state index is 0.0418. The highest BCUT2D eigenvalue weighted by Gasteiger charge is 2.29. The van der Waals surface area contributed by atoms with E-state index in [1.165, 1.54) is 29.6 Å². The second-order valence-electron chi connectivity index (χ2n) is 6.16. The number of nitrogens with zero attached hydrogens (tertiary/aromatic N) is 1. The molecule has 2 aliphatic rings. The molecule has 0 radical (unpaired) electrons. The van der Waals surface area contributed by atoms with Crippen LogP contribution in [0.1, 0.15) is 35.2 Å². The maximum atomic E-state index is 12.5. The van der Waals surface area contributed by atoms with Crippen molar-refractivity contribution < 1.29 is 23.1 Å². The molecule has 0 unspecified atom stereocenters. The lowest BCUT2D eigenvalue weighted by atomic mass is 9.86. The van der Waals surface area contributed by atoms with E-state index in [0.717, 1.165) is 5.56 Å². The SMILES string of the molecule is O=C(O)c1ccc2c(c1)CCN2S(=O)(=O)CCOCC1CCC1. The number of ether oxygens (including phenoxy) is 1. The van der Waals surface area contributed by atoms with Gasteiger partial charge in [0, 0.05) is 13.2 Å². The number of carboxylic acid groups (broad SMARTS) is 1. The van der Waals surface area contributed by atoms with E-state index in [0.29, 0.717) is 31.2 Å². The summed E-state index contributed by atoms with van der Waals surface area (Å²) in [5.74, 6) is -0.446. The Bertz CT molecular complexity index is 696. The fourth-order valence-corrected chi connectivity index (χ4v) is 4.37. The van der Waals surface area contributed by atoms with Crippen LogP contribution >= 0.6 is 0 Å². The van der Waals surface area contributed by atoms with Crippen LogP contribution in [0.5, 0.6) is 0 Å². The summed E-state index contributed by atoms with van der Waals surface area (Å²) in [6, 6.07) is 4.58. The fraction of sp³-hybridized carbons (Fsp3) is 0.562. The summed E-state index contributed by atoms with van der Waals surface area (Å²) < 4.78 is 31.8. The van der Waals surface area contributed by atoms with Gasteiger partial charge in [0.05, 0.1) is 23.6 Å². The first-order chi connectivity index (χ1) is 11.0. The van der Waals surface area contributed by atoms with Crippen molar-refractivity contribution in [3.05, 3.63) is 29.3 Å². The first kappa shape index (κ1) is 16.3. The van der Waals surface area contributed by atoms with Gasteiger partial charge >= 0.3 is 5.97 Å². The van der Waals surface area contributed by atoms with Crippen molar-refractivity contribution >= 4 is 21.7 Å². The molecular formula is C16H21NO5S. The van der Waals surface area contributed by atoms with E-state index in [2.05, 4.69) is 0 Å². The maximum absolute atomic E-state index is 12.5. The molecule has 0 spiro atoms. The van der Waals surface area contributed by atoms with Crippen LogP contribution in [0.25, 0.3) is 0 Å². The first-order valence-corrected chi connectivity index (χ1v) is 9.52. The van der Waals surface area contributed by atoms with Crippen molar-refractivity contribution in [2.45, 2.75) is 25.7 Å². The minimum Gasteiger partial charge on any atom is -0.478 e. The Morgan fingerprint density at radius 2 is 2.13 bits per heavy atom. The van der Waals surface area contributed by atoms with E-state index in [1.807, 2.05) is 0 Å². The molecule has 1 saturated carbocycles. The van der Waals surface area contributed by atoms with Crippen molar-refractivity contribution in [2.75, 3.05) is 29.8 Å². The van der Waals surface area contributed by atoms with Crippen LogP contribution < -0.4 is 4.31 Å². The lowest BCUT2D eigenvalue weighted by Crippen LogP contribution is -2.33. The number of sulfonamides is 1. The van der Waals surface area contributed by atoms with Crippen LogP contribution in [-0.2, 0) is 21.2 Å². The van der Waals surface area contributed by atoms with Gasteiger partial charge in [-0.3, -0.25) is 4.31 Å². The van der Waals surface area contributed by atoms with E-state index in [1.54, 1.807) is 12.1 Å². The Kier molecular flexibility index (Phi) is 4.59. The Labute approximate surface area is 136 Å². The summed E-state index contributed by atoms with van der Waals surface area (Å²) in [4.78, 5) is 11.0. The van der Waals surface area contributed by atoms with Gasteiger partial charge in [0.1, 0.15) is 0 Å². The molecule has 7 heteroatoms. The molecule has 1 aromatic carbocycles. The average molecular weight is 339 g/mol. The van der Waals surface area contributed by atoms with Crippen LogP contribution in [-0.4, -0.2) is 45.0 Å². The molecule has 0 aromatic heterocycles. The molecule has 1 heterocycles. The van der Waals surface area contributed by atoms with Gasteiger partial charge in [0.2, 0.25) is 10.0 Å². The molecule has 0 saturated heterocycles.